The van der Waals surface area contributed by atoms with E-state index in [2.05, 4.69) is 54.3 Å². The summed E-state index contributed by atoms with van der Waals surface area (Å²) in [5, 5.41) is 4.15. The van der Waals surface area contributed by atoms with Crippen molar-refractivity contribution in [3.63, 3.8) is 0 Å². The van der Waals surface area contributed by atoms with Crippen LogP contribution in [0.3, 0.4) is 0 Å². The SMILES string of the molecule is Cc1cc(C)cc(-c2ccc[c-]c2-c2ncnn2C)c1.[Ir]. The fraction of sp³-hybridized carbons (Fsp3) is 0.176. The van der Waals surface area contributed by atoms with Crippen LogP contribution in [0.5, 0.6) is 0 Å². The van der Waals surface area contributed by atoms with Crippen LogP contribution in [0, 0.1) is 19.9 Å². The molecule has 0 atom stereocenters. The molecule has 109 valence electrons. The second kappa shape index (κ2) is 6.33. The molecule has 3 nitrogen and oxygen atoms in total. The zero-order valence-corrected chi connectivity index (χ0v) is 14.6. The molecule has 0 amide bonds. The summed E-state index contributed by atoms with van der Waals surface area (Å²) in [7, 11) is 1.90. The minimum Gasteiger partial charge on any atom is -0.289 e. The zero-order chi connectivity index (χ0) is 14.1. The molecule has 21 heavy (non-hydrogen) atoms. The molecule has 1 aromatic heterocycles. The molecule has 0 aliphatic rings. The first-order valence-corrected chi connectivity index (χ1v) is 6.59. The monoisotopic (exact) mass is 455 g/mol. The van der Waals surface area contributed by atoms with Gasteiger partial charge in [-0.1, -0.05) is 46.0 Å². The van der Waals surface area contributed by atoms with Gasteiger partial charge in [-0.15, -0.1) is 24.3 Å². The Morgan fingerprint density at radius 3 is 2.43 bits per heavy atom. The number of hydrogen-bond acceptors (Lipinski definition) is 2. The van der Waals surface area contributed by atoms with E-state index < -0.39 is 0 Å². The quantitative estimate of drug-likeness (QED) is 0.555. The molecule has 0 unspecified atom stereocenters. The molecule has 0 bridgehead atoms. The molecule has 0 aliphatic heterocycles. The Hall–Kier alpha value is -1.77. The van der Waals surface area contributed by atoms with Gasteiger partial charge in [-0.3, -0.25) is 9.67 Å². The van der Waals surface area contributed by atoms with Crippen molar-refractivity contribution in [2.24, 2.45) is 7.05 Å². The molecular formula is C17H16IrN3-. The van der Waals surface area contributed by atoms with Crippen molar-refractivity contribution in [1.29, 1.82) is 0 Å². The number of aryl methyl sites for hydroxylation is 3. The molecule has 3 rings (SSSR count). The first-order chi connectivity index (χ1) is 9.65. The molecule has 0 saturated heterocycles. The van der Waals surface area contributed by atoms with Crippen LogP contribution in [-0.4, -0.2) is 14.8 Å². The van der Waals surface area contributed by atoms with Crippen molar-refractivity contribution in [1.82, 2.24) is 14.8 Å². The van der Waals surface area contributed by atoms with Crippen LogP contribution in [0.15, 0.2) is 42.7 Å². The second-order valence-electron chi connectivity index (χ2n) is 5.04. The zero-order valence-electron chi connectivity index (χ0n) is 12.2. The number of nitrogens with zero attached hydrogens (tertiary/aromatic N) is 3. The molecule has 0 aliphatic carbocycles. The molecule has 4 heteroatoms. The molecule has 1 radical (unpaired) electrons. The van der Waals surface area contributed by atoms with Crippen molar-refractivity contribution in [3.05, 3.63) is 59.9 Å². The van der Waals surface area contributed by atoms with Gasteiger partial charge in [0.25, 0.3) is 0 Å². The van der Waals surface area contributed by atoms with Crippen molar-refractivity contribution in [3.8, 4) is 22.5 Å². The van der Waals surface area contributed by atoms with E-state index in [1.165, 1.54) is 16.7 Å². The molecule has 0 saturated carbocycles. The number of aromatic nitrogens is 3. The third kappa shape index (κ3) is 3.12. The Balaban J connectivity index is 0.00000161. The average molecular weight is 455 g/mol. The Morgan fingerprint density at radius 1 is 1.10 bits per heavy atom. The van der Waals surface area contributed by atoms with Crippen LogP contribution in [0.2, 0.25) is 0 Å². The van der Waals surface area contributed by atoms with Gasteiger partial charge < -0.3 is 0 Å². The molecule has 0 N–H and O–H groups in total. The van der Waals surface area contributed by atoms with Crippen molar-refractivity contribution in [2.45, 2.75) is 13.8 Å². The third-order valence-electron chi connectivity index (χ3n) is 3.32. The first kappa shape index (κ1) is 15.6. The predicted octanol–water partition coefficient (Wildman–Crippen LogP) is 3.56. The van der Waals surface area contributed by atoms with Crippen LogP contribution in [0.1, 0.15) is 11.1 Å². The van der Waals surface area contributed by atoms with Crippen LogP contribution < -0.4 is 0 Å². The summed E-state index contributed by atoms with van der Waals surface area (Å²) >= 11 is 0. The summed E-state index contributed by atoms with van der Waals surface area (Å²) in [4.78, 5) is 4.34. The summed E-state index contributed by atoms with van der Waals surface area (Å²) in [6, 6.07) is 15.9. The third-order valence-corrected chi connectivity index (χ3v) is 3.32. The fourth-order valence-corrected chi connectivity index (χ4v) is 2.52. The van der Waals surface area contributed by atoms with E-state index >= 15 is 0 Å². The second-order valence-corrected chi connectivity index (χ2v) is 5.04. The van der Waals surface area contributed by atoms with Gasteiger partial charge in [-0.25, -0.2) is 0 Å². The Morgan fingerprint density at radius 2 is 1.81 bits per heavy atom. The minimum absolute atomic E-state index is 0. The van der Waals surface area contributed by atoms with Crippen LogP contribution in [0.25, 0.3) is 22.5 Å². The van der Waals surface area contributed by atoms with E-state index in [-0.39, 0.29) is 20.1 Å². The summed E-state index contributed by atoms with van der Waals surface area (Å²) in [5.74, 6) is 0.833. The van der Waals surface area contributed by atoms with E-state index in [0.717, 1.165) is 17.0 Å². The Kier molecular flexibility index (Phi) is 4.71. The van der Waals surface area contributed by atoms with Crippen LogP contribution in [0.4, 0.5) is 0 Å². The van der Waals surface area contributed by atoms with Crippen molar-refractivity contribution >= 4 is 0 Å². The fourth-order valence-electron chi connectivity index (χ4n) is 2.52. The van der Waals surface area contributed by atoms with Crippen LogP contribution >= 0.6 is 0 Å². The predicted molar refractivity (Wildman–Crippen MR) is 80.2 cm³/mol. The van der Waals surface area contributed by atoms with E-state index in [1.807, 2.05) is 19.2 Å². The van der Waals surface area contributed by atoms with Gasteiger partial charge >= 0.3 is 0 Å². The summed E-state index contributed by atoms with van der Waals surface area (Å²) in [6.07, 6.45) is 1.57. The summed E-state index contributed by atoms with van der Waals surface area (Å²) in [5.41, 5.74) is 5.82. The molecule has 3 aromatic rings. The van der Waals surface area contributed by atoms with E-state index in [9.17, 15) is 0 Å². The number of rotatable bonds is 2. The topological polar surface area (TPSA) is 30.7 Å². The maximum atomic E-state index is 4.34. The van der Waals surface area contributed by atoms with Gasteiger partial charge in [0.05, 0.1) is 5.82 Å². The smallest absolute Gasteiger partial charge is 0.127 e. The first-order valence-electron chi connectivity index (χ1n) is 6.59. The standard InChI is InChI=1S/C17H16N3.Ir/c1-12-8-13(2)10-14(9-12)15-6-4-5-7-16(15)17-18-11-19-20(17)3;/h4-6,8-11H,1-3H3;/q-1;. The summed E-state index contributed by atoms with van der Waals surface area (Å²) < 4.78 is 1.78. The molecule has 2 aromatic carbocycles. The summed E-state index contributed by atoms with van der Waals surface area (Å²) in [6.45, 7) is 4.23. The molecule has 0 spiro atoms. The number of benzene rings is 2. The maximum absolute atomic E-state index is 4.34. The maximum Gasteiger partial charge on any atom is 0.127 e. The van der Waals surface area contributed by atoms with Crippen molar-refractivity contribution < 1.29 is 20.1 Å². The van der Waals surface area contributed by atoms with Gasteiger partial charge in [0, 0.05) is 27.2 Å². The van der Waals surface area contributed by atoms with Gasteiger partial charge in [0.15, 0.2) is 0 Å². The molecular weight excluding hydrogens is 438 g/mol. The largest absolute Gasteiger partial charge is 0.289 e. The van der Waals surface area contributed by atoms with E-state index in [4.69, 9.17) is 0 Å². The van der Waals surface area contributed by atoms with E-state index in [0.29, 0.717) is 0 Å². The minimum atomic E-state index is 0. The normalized spacial score (nSPS) is 10.2. The molecule has 0 fully saturated rings. The van der Waals surface area contributed by atoms with Gasteiger partial charge in [-0.05, 0) is 13.8 Å². The van der Waals surface area contributed by atoms with Gasteiger partial charge in [0.2, 0.25) is 0 Å². The van der Waals surface area contributed by atoms with Crippen molar-refractivity contribution in [2.75, 3.05) is 0 Å². The Bertz CT molecular complexity index is 742. The van der Waals surface area contributed by atoms with Gasteiger partial charge in [0.1, 0.15) is 6.33 Å². The van der Waals surface area contributed by atoms with Crippen LogP contribution in [-0.2, 0) is 27.2 Å². The Labute approximate surface area is 138 Å². The number of hydrogen-bond donors (Lipinski definition) is 0. The van der Waals surface area contributed by atoms with Gasteiger partial charge in [-0.2, -0.15) is 5.10 Å². The average Bonchev–Trinajstić information content (AvgIpc) is 2.84. The van der Waals surface area contributed by atoms with E-state index in [1.54, 1.807) is 11.0 Å². The molecule has 1 heterocycles.